The second kappa shape index (κ2) is 6.44. The molecule has 92 valence electrons. The summed E-state index contributed by atoms with van der Waals surface area (Å²) < 4.78 is 5.41. The lowest BCUT2D eigenvalue weighted by Crippen LogP contribution is -2.43. The number of ether oxygens (including phenoxy) is 1. The Balaban J connectivity index is 2.17. The number of nitrogens with zero attached hydrogens (tertiary/aromatic N) is 1. The molecule has 1 aliphatic heterocycles. The highest BCUT2D eigenvalue weighted by atomic mass is 16.5. The van der Waals surface area contributed by atoms with Gasteiger partial charge in [-0.1, -0.05) is 0 Å². The standard InChI is InChI=1S/C10H18N2O4/c11-7-9(13)12-4-1-8(2-5-12)16-6-3-10(14)15/h8H,1-7,11H2,(H,14,15). The van der Waals surface area contributed by atoms with Crippen molar-refractivity contribution in [2.24, 2.45) is 5.73 Å². The molecular formula is C10H18N2O4. The summed E-state index contributed by atoms with van der Waals surface area (Å²) in [4.78, 5) is 23.3. The summed E-state index contributed by atoms with van der Waals surface area (Å²) in [6.45, 7) is 1.58. The Labute approximate surface area is 94.3 Å². The van der Waals surface area contributed by atoms with Crippen LogP contribution in [0.4, 0.5) is 0 Å². The quantitative estimate of drug-likeness (QED) is 0.659. The number of amides is 1. The molecule has 16 heavy (non-hydrogen) atoms. The van der Waals surface area contributed by atoms with E-state index < -0.39 is 5.97 Å². The van der Waals surface area contributed by atoms with Crippen LogP contribution in [0.15, 0.2) is 0 Å². The number of carboxylic acid groups (broad SMARTS) is 1. The van der Waals surface area contributed by atoms with Gasteiger partial charge in [-0.3, -0.25) is 9.59 Å². The van der Waals surface area contributed by atoms with E-state index in [-0.39, 0.29) is 31.6 Å². The molecule has 0 atom stereocenters. The number of hydrogen-bond donors (Lipinski definition) is 2. The Bertz CT molecular complexity index is 249. The largest absolute Gasteiger partial charge is 0.481 e. The fourth-order valence-corrected chi connectivity index (χ4v) is 1.71. The lowest BCUT2D eigenvalue weighted by atomic mass is 10.1. The van der Waals surface area contributed by atoms with Crippen molar-refractivity contribution in [3.05, 3.63) is 0 Å². The van der Waals surface area contributed by atoms with Crippen molar-refractivity contribution in [1.29, 1.82) is 0 Å². The van der Waals surface area contributed by atoms with Crippen LogP contribution in [0, 0.1) is 0 Å². The van der Waals surface area contributed by atoms with E-state index in [4.69, 9.17) is 15.6 Å². The minimum Gasteiger partial charge on any atom is -0.481 e. The van der Waals surface area contributed by atoms with E-state index in [0.29, 0.717) is 13.1 Å². The Morgan fingerprint density at radius 1 is 1.38 bits per heavy atom. The first-order chi connectivity index (χ1) is 7.63. The van der Waals surface area contributed by atoms with Gasteiger partial charge in [0, 0.05) is 13.1 Å². The lowest BCUT2D eigenvalue weighted by Gasteiger charge is -2.31. The average Bonchev–Trinajstić information content (AvgIpc) is 2.28. The van der Waals surface area contributed by atoms with E-state index in [1.807, 2.05) is 0 Å². The zero-order valence-electron chi connectivity index (χ0n) is 9.22. The van der Waals surface area contributed by atoms with Crippen molar-refractivity contribution >= 4 is 11.9 Å². The molecule has 0 saturated carbocycles. The Morgan fingerprint density at radius 2 is 2.00 bits per heavy atom. The first-order valence-corrected chi connectivity index (χ1v) is 5.44. The maximum Gasteiger partial charge on any atom is 0.305 e. The van der Waals surface area contributed by atoms with Gasteiger partial charge in [-0.25, -0.2) is 0 Å². The molecule has 0 spiro atoms. The van der Waals surface area contributed by atoms with E-state index in [0.717, 1.165) is 12.8 Å². The van der Waals surface area contributed by atoms with Gasteiger partial charge < -0.3 is 20.5 Å². The van der Waals surface area contributed by atoms with Crippen molar-refractivity contribution in [2.45, 2.75) is 25.4 Å². The molecule has 1 amide bonds. The highest BCUT2D eigenvalue weighted by molar-refractivity contribution is 5.78. The smallest absolute Gasteiger partial charge is 0.305 e. The molecule has 0 aromatic carbocycles. The molecule has 0 unspecified atom stereocenters. The summed E-state index contributed by atoms with van der Waals surface area (Å²) in [5, 5.41) is 8.44. The second-order valence-corrected chi connectivity index (χ2v) is 3.80. The van der Waals surface area contributed by atoms with Gasteiger partial charge in [0.25, 0.3) is 0 Å². The zero-order valence-corrected chi connectivity index (χ0v) is 9.22. The first-order valence-electron chi connectivity index (χ1n) is 5.44. The molecule has 0 aromatic rings. The number of carboxylic acids is 1. The average molecular weight is 230 g/mol. The Hall–Kier alpha value is -1.14. The third kappa shape index (κ3) is 4.16. The zero-order chi connectivity index (χ0) is 12.0. The fourth-order valence-electron chi connectivity index (χ4n) is 1.71. The van der Waals surface area contributed by atoms with E-state index in [1.54, 1.807) is 4.90 Å². The molecule has 3 N–H and O–H groups in total. The number of carbonyl (C=O) groups excluding carboxylic acids is 1. The molecule has 6 nitrogen and oxygen atoms in total. The van der Waals surface area contributed by atoms with Crippen LogP contribution < -0.4 is 5.73 Å². The topological polar surface area (TPSA) is 92.9 Å². The van der Waals surface area contributed by atoms with Crippen molar-refractivity contribution in [2.75, 3.05) is 26.2 Å². The predicted octanol–water partition coefficient (Wildman–Crippen LogP) is -0.573. The van der Waals surface area contributed by atoms with Gasteiger partial charge in [0.2, 0.25) is 5.91 Å². The fraction of sp³-hybridized carbons (Fsp3) is 0.800. The maximum absolute atomic E-state index is 11.3. The number of nitrogens with two attached hydrogens (primary N) is 1. The highest BCUT2D eigenvalue weighted by Crippen LogP contribution is 2.13. The predicted molar refractivity (Wildman–Crippen MR) is 56.9 cm³/mol. The van der Waals surface area contributed by atoms with Crippen LogP contribution in [0.5, 0.6) is 0 Å². The minimum atomic E-state index is -0.851. The van der Waals surface area contributed by atoms with E-state index in [1.165, 1.54) is 0 Å². The van der Waals surface area contributed by atoms with E-state index in [2.05, 4.69) is 0 Å². The molecule has 1 aliphatic rings. The molecule has 0 aromatic heterocycles. The molecule has 6 heteroatoms. The molecule has 1 fully saturated rings. The molecule has 0 radical (unpaired) electrons. The normalized spacial score (nSPS) is 17.4. The third-order valence-electron chi connectivity index (χ3n) is 2.64. The van der Waals surface area contributed by atoms with Crippen LogP contribution in [-0.4, -0.2) is 54.2 Å². The van der Waals surface area contributed by atoms with E-state index in [9.17, 15) is 9.59 Å². The van der Waals surface area contributed by atoms with Crippen LogP contribution in [0.25, 0.3) is 0 Å². The van der Waals surface area contributed by atoms with Gasteiger partial charge in [-0.2, -0.15) is 0 Å². The van der Waals surface area contributed by atoms with Gasteiger partial charge in [0.05, 0.1) is 25.7 Å². The van der Waals surface area contributed by atoms with Crippen molar-refractivity contribution in [3.8, 4) is 0 Å². The maximum atomic E-state index is 11.3. The van der Waals surface area contributed by atoms with Crippen LogP contribution in [-0.2, 0) is 14.3 Å². The summed E-state index contributed by atoms with van der Waals surface area (Å²) in [7, 11) is 0. The molecular weight excluding hydrogens is 212 g/mol. The van der Waals surface area contributed by atoms with Gasteiger partial charge in [-0.15, -0.1) is 0 Å². The monoisotopic (exact) mass is 230 g/mol. The molecule has 1 heterocycles. The Morgan fingerprint density at radius 3 is 2.50 bits per heavy atom. The van der Waals surface area contributed by atoms with Crippen LogP contribution in [0.2, 0.25) is 0 Å². The SMILES string of the molecule is NCC(=O)N1CCC(OCCC(=O)O)CC1. The van der Waals surface area contributed by atoms with Gasteiger partial charge >= 0.3 is 5.97 Å². The van der Waals surface area contributed by atoms with Crippen molar-refractivity contribution in [1.82, 2.24) is 4.90 Å². The summed E-state index contributed by atoms with van der Waals surface area (Å²) in [5.74, 6) is -0.889. The number of rotatable bonds is 5. The van der Waals surface area contributed by atoms with Gasteiger partial charge in [-0.05, 0) is 12.8 Å². The molecule has 0 bridgehead atoms. The summed E-state index contributed by atoms with van der Waals surface area (Å²) in [6.07, 6.45) is 1.61. The molecule has 0 aliphatic carbocycles. The second-order valence-electron chi connectivity index (χ2n) is 3.80. The number of aliphatic carboxylic acids is 1. The highest BCUT2D eigenvalue weighted by Gasteiger charge is 2.22. The van der Waals surface area contributed by atoms with Gasteiger partial charge in [0.1, 0.15) is 0 Å². The number of piperidine rings is 1. The summed E-state index contributed by atoms with van der Waals surface area (Å²) in [5.41, 5.74) is 5.26. The van der Waals surface area contributed by atoms with Crippen molar-refractivity contribution < 1.29 is 19.4 Å². The minimum absolute atomic E-state index is 0.0297. The van der Waals surface area contributed by atoms with Crippen LogP contribution in [0.3, 0.4) is 0 Å². The number of carbonyl (C=O) groups is 2. The van der Waals surface area contributed by atoms with Gasteiger partial charge in [0.15, 0.2) is 0 Å². The lowest BCUT2D eigenvalue weighted by molar-refractivity contribution is -0.139. The Kier molecular flexibility index (Phi) is 5.21. The van der Waals surface area contributed by atoms with Crippen LogP contribution in [0.1, 0.15) is 19.3 Å². The first kappa shape index (κ1) is 12.9. The number of likely N-dealkylation sites (tertiary alicyclic amines) is 1. The third-order valence-corrected chi connectivity index (χ3v) is 2.64. The van der Waals surface area contributed by atoms with Crippen molar-refractivity contribution in [3.63, 3.8) is 0 Å². The summed E-state index contributed by atoms with van der Waals surface area (Å²) >= 11 is 0. The number of hydrogen-bond acceptors (Lipinski definition) is 4. The molecule has 1 rings (SSSR count). The van der Waals surface area contributed by atoms with Crippen LogP contribution >= 0.6 is 0 Å². The van der Waals surface area contributed by atoms with E-state index >= 15 is 0 Å². The summed E-state index contributed by atoms with van der Waals surface area (Å²) in [6, 6.07) is 0. The molecule has 1 saturated heterocycles.